The molecule has 168 valence electrons. The summed E-state index contributed by atoms with van der Waals surface area (Å²) in [7, 11) is 0.382. The van der Waals surface area contributed by atoms with Crippen LogP contribution < -0.4 is 10.6 Å². The normalized spacial score (nSPS) is 11.4. The third-order valence-electron chi connectivity index (χ3n) is 4.90. The number of nitrogens with zero attached hydrogens (tertiary/aromatic N) is 3. The Kier molecular flexibility index (Phi) is 7.21. The maximum atomic E-state index is 12.5. The van der Waals surface area contributed by atoms with E-state index >= 15 is 0 Å². The molecule has 8 nitrogen and oxygen atoms in total. The molecule has 2 heterocycles. The first-order valence-corrected chi connectivity index (χ1v) is 14.1. The van der Waals surface area contributed by atoms with Crippen molar-refractivity contribution < 1.29 is 14.3 Å². The quantitative estimate of drug-likeness (QED) is 0.292. The summed E-state index contributed by atoms with van der Waals surface area (Å²) in [6, 6.07) is 10.2. The molecule has 0 unspecified atom stereocenters. The minimum absolute atomic E-state index is 0.252. The van der Waals surface area contributed by atoms with Gasteiger partial charge in [0.05, 0.1) is 17.4 Å². The van der Waals surface area contributed by atoms with Gasteiger partial charge in [0, 0.05) is 38.4 Å². The fraction of sp³-hybridized carbons (Fsp3) is 0.304. The number of hydrogen-bond donors (Lipinski definition) is 2. The molecule has 0 saturated heterocycles. The van der Waals surface area contributed by atoms with E-state index in [0.29, 0.717) is 29.1 Å². The fourth-order valence-corrected chi connectivity index (χ4v) is 3.85. The van der Waals surface area contributed by atoms with Crippen molar-refractivity contribution in [3.63, 3.8) is 0 Å². The second kappa shape index (κ2) is 9.88. The lowest BCUT2D eigenvalue weighted by Gasteiger charge is -2.15. The highest BCUT2D eigenvalue weighted by Gasteiger charge is 2.18. The van der Waals surface area contributed by atoms with E-state index in [1.54, 1.807) is 24.0 Å². The van der Waals surface area contributed by atoms with Crippen LogP contribution in [0, 0.1) is 0 Å². The number of nitrogens with one attached hydrogen (secondary N) is 2. The Morgan fingerprint density at radius 1 is 1.25 bits per heavy atom. The highest BCUT2D eigenvalue weighted by molar-refractivity contribution is 6.76. The molecule has 0 aliphatic heterocycles. The van der Waals surface area contributed by atoms with Crippen LogP contribution >= 0.6 is 0 Å². The van der Waals surface area contributed by atoms with Crippen molar-refractivity contribution in [2.24, 2.45) is 0 Å². The lowest BCUT2D eigenvalue weighted by atomic mass is 10.1. The van der Waals surface area contributed by atoms with E-state index in [0.717, 1.165) is 17.1 Å². The largest absolute Gasteiger partial charge is 0.360 e. The monoisotopic (exact) mass is 451 g/mol. The number of aromatic nitrogens is 3. The van der Waals surface area contributed by atoms with Gasteiger partial charge in [-0.05, 0) is 30.3 Å². The van der Waals surface area contributed by atoms with Crippen LogP contribution in [0.25, 0.3) is 22.2 Å². The molecule has 0 atom stereocenters. The van der Waals surface area contributed by atoms with Gasteiger partial charge in [0.2, 0.25) is 5.91 Å². The van der Waals surface area contributed by atoms with E-state index < -0.39 is 8.07 Å². The summed E-state index contributed by atoms with van der Waals surface area (Å²) in [5, 5.41) is 10.5. The molecule has 1 aromatic carbocycles. The molecular weight excluding hydrogens is 422 g/mol. The lowest BCUT2D eigenvalue weighted by molar-refractivity contribution is -0.111. The average molecular weight is 452 g/mol. The third kappa shape index (κ3) is 5.68. The molecule has 0 aliphatic rings. The molecule has 0 saturated carbocycles. The van der Waals surface area contributed by atoms with Gasteiger partial charge in [-0.2, -0.15) is 5.10 Å². The zero-order chi connectivity index (χ0) is 23.3. The summed E-state index contributed by atoms with van der Waals surface area (Å²) >= 11 is 0. The van der Waals surface area contributed by atoms with E-state index in [1.165, 1.54) is 6.08 Å². The molecule has 3 aromatic rings. The Hall–Kier alpha value is -3.30. The van der Waals surface area contributed by atoms with Crippen molar-refractivity contribution in [3.05, 3.63) is 54.9 Å². The molecule has 3 rings (SSSR count). The summed E-state index contributed by atoms with van der Waals surface area (Å²) in [5.41, 5.74) is 3.13. The first-order valence-electron chi connectivity index (χ1n) is 10.4. The molecule has 2 amide bonds. The van der Waals surface area contributed by atoms with Crippen LogP contribution in [0.4, 0.5) is 5.69 Å². The van der Waals surface area contributed by atoms with Crippen molar-refractivity contribution in [1.82, 2.24) is 20.1 Å². The Morgan fingerprint density at radius 3 is 2.72 bits per heavy atom. The van der Waals surface area contributed by atoms with E-state index in [9.17, 15) is 9.59 Å². The zero-order valence-electron chi connectivity index (χ0n) is 18.9. The maximum Gasteiger partial charge on any atom is 0.272 e. The summed E-state index contributed by atoms with van der Waals surface area (Å²) in [4.78, 5) is 28.6. The summed E-state index contributed by atoms with van der Waals surface area (Å²) in [5.74, 6) is -0.567. The Labute approximate surface area is 188 Å². The van der Waals surface area contributed by atoms with Crippen molar-refractivity contribution >= 4 is 36.5 Å². The van der Waals surface area contributed by atoms with Crippen molar-refractivity contribution in [1.29, 1.82) is 0 Å². The first kappa shape index (κ1) is 23.4. The Bertz CT molecular complexity index is 1150. The molecule has 0 spiro atoms. The van der Waals surface area contributed by atoms with Crippen LogP contribution in [0.15, 0.2) is 49.2 Å². The number of pyridine rings is 1. The van der Waals surface area contributed by atoms with Gasteiger partial charge in [-0.25, -0.2) is 4.68 Å². The number of fused-ring (bicyclic) bond motifs is 1. The van der Waals surface area contributed by atoms with E-state index in [2.05, 4.69) is 46.9 Å². The zero-order valence-corrected chi connectivity index (χ0v) is 19.9. The number of carbonyl (C=O) groups is 2. The number of ether oxygens (including phenoxy) is 1. The fourth-order valence-electron chi connectivity index (χ4n) is 3.09. The molecule has 0 aliphatic carbocycles. The Balaban J connectivity index is 1.93. The molecule has 32 heavy (non-hydrogen) atoms. The van der Waals surface area contributed by atoms with Gasteiger partial charge in [0.25, 0.3) is 5.91 Å². The highest BCUT2D eigenvalue weighted by Crippen LogP contribution is 2.26. The molecule has 2 aromatic heterocycles. The topological polar surface area (TPSA) is 98.1 Å². The molecule has 9 heteroatoms. The number of amides is 2. The predicted molar refractivity (Wildman–Crippen MR) is 129 cm³/mol. The van der Waals surface area contributed by atoms with Gasteiger partial charge in [0.1, 0.15) is 6.73 Å². The number of anilines is 1. The summed E-state index contributed by atoms with van der Waals surface area (Å²) < 4.78 is 7.50. The van der Waals surface area contributed by atoms with Crippen molar-refractivity contribution in [2.75, 3.05) is 19.0 Å². The third-order valence-corrected chi connectivity index (χ3v) is 6.60. The molecule has 0 radical (unpaired) electrons. The lowest BCUT2D eigenvalue weighted by Crippen LogP contribution is -2.22. The second-order valence-corrected chi connectivity index (χ2v) is 14.3. The van der Waals surface area contributed by atoms with Crippen LogP contribution in [0.3, 0.4) is 0 Å². The molecule has 0 bridgehead atoms. The summed E-state index contributed by atoms with van der Waals surface area (Å²) in [6.45, 7) is 11.3. The SMILES string of the molecule is C=CC(=O)Nc1cccc(-c2cc3c(C(=O)NC)nn(COCC[Si](C)(C)C)c3cn2)c1. The number of rotatable bonds is 9. The van der Waals surface area contributed by atoms with Gasteiger partial charge < -0.3 is 15.4 Å². The summed E-state index contributed by atoms with van der Waals surface area (Å²) in [6.07, 6.45) is 2.91. The number of carbonyl (C=O) groups excluding carboxylic acids is 2. The van der Waals surface area contributed by atoms with Gasteiger partial charge in [-0.1, -0.05) is 38.4 Å². The van der Waals surface area contributed by atoms with Gasteiger partial charge in [-0.15, -0.1) is 0 Å². The number of hydrogen-bond acceptors (Lipinski definition) is 5. The first-order chi connectivity index (χ1) is 15.2. The van der Waals surface area contributed by atoms with Crippen molar-refractivity contribution in [2.45, 2.75) is 32.4 Å². The van der Waals surface area contributed by atoms with Crippen LogP contribution in [-0.4, -0.2) is 48.3 Å². The number of benzene rings is 1. The Morgan fingerprint density at radius 2 is 2.03 bits per heavy atom. The van der Waals surface area contributed by atoms with Crippen LogP contribution in [0.1, 0.15) is 10.5 Å². The standard InChI is InChI=1S/C23H29N5O3Si/c1-6-21(29)26-17-9-7-8-16(12-17)19-13-18-20(14-25-19)28(27-22(18)23(30)24-2)15-31-10-11-32(3,4)5/h6-9,12-14H,1,10-11,15H2,2-5H3,(H,24,30)(H,26,29). The smallest absolute Gasteiger partial charge is 0.272 e. The van der Waals surface area contributed by atoms with E-state index in [-0.39, 0.29) is 18.5 Å². The van der Waals surface area contributed by atoms with Gasteiger partial charge in [0.15, 0.2) is 5.69 Å². The highest BCUT2D eigenvalue weighted by atomic mass is 28.3. The molecule has 0 fully saturated rings. The van der Waals surface area contributed by atoms with E-state index in [4.69, 9.17) is 4.74 Å². The van der Waals surface area contributed by atoms with Crippen LogP contribution in [0.2, 0.25) is 25.7 Å². The van der Waals surface area contributed by atoms with Gasteiger partial charge >= 0.3 is 0 Å². The van der Waals surface area contributed by atoms with Crippen LogP contribution in [0.5, 0.6) is 0 Å². The van der Waals surface area contributed by atoms with Crippen LogP contribution in [-0.2, 0) is 16.3 Å². The predicted octanol–water partition coefficient (Wildman–Crippen LogP) is 3.89. The van der Waals surface area contributed by atoms with E-state index in [1.807, 2.05) is 24.3 Å². The van der Waals surface area contributed by atoms with Crippen molar-refractivity contribution in [3.8, 4) is 11.3 Å². The minimum atomic E-state index is -1.19. The molecular formula is C23H29N5O3Si. The maximum absolute atomic E-state index is 12.5. The minimum Gasteiger partial charge on any atom is -0.360 e. The second-order valence-electron chi connectivity index (χ2n) is 8.64. The average Bonchev–Trinajstić information content (AvgIpc) is 3.13. The van der Waals surface area contributed by atoms with Gasteiger partial charge in [-0.3, -0.25) is 14.6 Å². The molecule has 2 N–H and O–H groups in total.